The topological polar surface area (TPSA) is 64.5 Å². The molecule has 9 heteroatoms. The molecule has 0 atom stereocenters. The fourth-order valence-electron chi connectivity index (χ4n) is 11.6. The Morgan fingerprint density at radius 3 is 1.23 bits per heavy atom. The van der Waals surface area contributed by atoms with Crippen LogP contribution in [0.15, 0.2) is 340 Å². The molecule has 108 heavy (non-hydrogen) atoms. The van der Waals surface area contributed by atoms with Crippen LogP contribution < -0.4 is 0 Å². The van der Waals surface area contributed by atoms with Crippen molar-refractivity contribution in [1.29, 1.82) is 0 Å². The number of aryl methyl sites for hydroxylation is 8. The van der Waals surface area contributed by atoms with Crippen LogP contribution in [0.4, 0.5) is 0 Å². The summed E-state index contributed by atoms with van der Waals surface area (Å²) in [6, 6.07) is 114. The summed E-state index contributed by atoms with van der Waals surface area (Å²) in [6.07, 6.45) is 9.06. The van der Waals surface area contributed by atoms with Gasteiger partial charge in [0.15, 0.2) is 0 Å². The number of rotatable bonds is 10. The summed E-state index contributed by atoms with van der Waals surface area (Å²) in [6.45, 7) is 16.8. The van der Waals surface area contributed by atoms with E-state index in [1.54, 1.807) is 24.4 Å². The maximum absolute atomic E-state index is 7.98. The summed E-state index contributed by atoms with van der Waals surface area (Å²) in [5, 5.41) is 0. The molecule has 541 valence electrons. The maximum atomic E-state index is 7.98. The fourth-order valence-corrected chi connectivity index (χ4v) is 11.6. The molecule has 0 saturated heterocycles. The van der Waals surface area contributed by atoms with E-state index in [2.05, 4.69) is 250 Å². The van der Waals surface area contributed by atoms with Gasteiger partial charge in [-0.25, -0.2) is 11.1 Å². The Bertz CT molecular complexity index is 5300. The molecule has 0 bridgehead atoms. The Labute approximate surface area is 700 Å². The smallest absolute Gasteiger partial charge is 0.305 e. The Balaban J connectivity index is 0.000000189. The van der Waals surface area contributed by atoms with Gasteiger partial charge in [-0.1, -0.05) is 204 Å². The Morgan fingerprint density at radius 1 is 0.278 bits per heavy atom. The van der Waals surface area contributed by atoms with Gasteiger partial charge in [-0.15, -0.1) is 189 Å². The van der Waals surface area contributed by atoms with Crippen molar-refractivity contribution in [3.8, 4) is 112 Å². The summed E-state index contributed by atoms with van der Waals surface area (Å²) in [7, 11) is 0. The summed E-state index contributed by atoms with van der Waals surface area (Å²) >= 11 is 0. The first kappa shape index (κ1) is 77.4. The molecule has 3 radical (unpaired) electrons. The summed E-state index contributed by atoms with van der Waals surface area (Å²) in [5.41, 5.74) is 29.5. The average molecular weight is 2110 g/mol. The number of hydrogen-bond donors (Lipinski definition) is 0. The zero-order chi connectivity index (χ0) is 76.6. The molecular formula is C99H80Ir4N5-4. The van der Waals surface area contributed by atoms with Gasteiger partial charge in [0.25, 0.3) is 0 Å². The van der Waals surface area contributed by atoms with Crippen molar-refractivity contribution in [3.63, 3.8) is 0 Å². The van der Waals surface area contributed by atoms with Crippen LogP contribution in [0.2, 0.25) is 0 Å². The average Bonchev–Trinajstić information content (AvgIpc) is 0.760. The van der Waals surface area contributed by atoms with Gasteiger partial charge in [-0.3, -0.25) is 0 Å². The zero-order valence-electron chi connectivity index (χ0n) is 66.0. The normalized spacial score (nSPS) is 10.6. The van der Waals surface area contributed by atoms with E-state index in [4.69, 9.17) is 6.85 Å². The molecule has 0 fully saturated rings. The Hall–Kier alpha value is -10.2. The van der Waals surface area contributed by atoms with Crippen LogP contribution in [0.3, 0.4) is 0 Å². The monoisotopic (exact) mass is 2120 g/mol. The van der Waals surface area contributed by atoms with Crippen LogP contribution in [0.1, 0.15) is 51.4 Å². The van der Waals surface area contributed by atoms with E-state index in [1.165, 1.54) is 73.0 Å². The van der Waals surface area contributed by atoms with Crippen molar-refractivity contribution in [3.05, 3.63) is 427 Å². The van der Waals surface area contributed by atoms with Gasteiger partial charge in [0, 0.05) is 102 Å². The quantitative estimate of drug-likeness (QED) is 0.128. The standard InChI is InChI=1S/2C20H18N.2C17H12N.C13H10.C12H10N.4Ir/c2*1-14-9-15(2)11-18(10-14)20-12-16(3)19(13-21-20)17-7-5-4-6-8-17;1-3-7-14(8-4-1)16-11-12-17(18-13-16)15-9-5-2-6-10-15;1-2-7-14(8-3-1)15-9-6-10-16(13-15)17-11-4-5-12-18-17;1-11-7-5-6-10-13(11)12-8-3-2-4-9-12;1-10-6-5-9-13-12(10)11-7-3-2-4-8-11;;;;/h2*4-10,12-13H,1-3H3;2*1-9,11-13H;2-8H,1H3;2-7,9H,1H3;;;;/q4*-1;-2;-1;;;;+3/i;;1D,3D,4D,7D,8D;;;;;;;. The molecule has 5 heterocycles. The summed E-state index contributed by atoms with van der Waals surface area (Å²) in [5.74, 6) is 0. The second-order valence-electron chi connectivity index (χ2n) is 24.7. The maximum Gasteiger partial charge on any atom is 3.00 e. The first-order valence-electron chi connectivity index (χ1n) is 36.8. The first-order valence-corrected chi connectivity index (χ1v) is 34.3. The molecular weight excluding hydrogens is 2030 g/mol. The molecule has 0 aliphatic rings. The molecule has 0 unspecified atom stereocenters. The molecule has 0 aliphatic carbocycles. The van der Waals surface area contributed by atoms with E-state index >= 15 is 0 Å². The molecule has 0 saturated carbocycles. The van der Waals surface area contributed by atoms with E-state index < -0.39 is 6.04 Å². The van der Waals surface area contributed by atoms with E-state index in [0.29, 0.717) is 11.3 Å². The van der Waals surface area contributed by atoms with Crippen molar-refractivity contribution < 1.29 is 87.3 Å². The largest absolute Gasteiger partial charge is 3.00 e. The molecule has 0 spiro atoms. The van der Waals surface area contributed by atoms with Crippen LogP contribution >= 0.6 is 0 Å². The van der Waals surface area contributed by atoms with E-state index in [9.17, 15) is 0 Å². The van der Waals surface area contributed by atoms with Crippen LogP contribution in [0.5, 0.6) is 0 Å². The summed E-state index contributed by atoms with van der Waals surface area (Å²) in [4.78, 5) is 22.3. The van der Waals surface area contributed by atoms with Crippen LogP contribution in [0.25, 0.3) is 112 Å². The van der Waals surface area contributed by atoms with Crippen LogP contribution in [-0.4, -0.2) is 24.9 Å². The van der Waals surface area contributed by atoms with Crippen molar-refractivity contribution in [1.82, 2.24) is 24.9 Å². The van der Waals surface area contributed by atoms with Crippen LogP contribution in [0, 0.1) is 97.9 Å². The molecule has 0 aliphatic heterocycles. The Kier molecular flexibility index (Phi) is 31.6. The molecule has 16 aromatic rings. The van der Waals surface area contributed by atoms with Gasteiger partial charge in [0.1, 0.15) is 0 Å². The predicted molar refractivity (Wildman–Crippen MR) is 432 cm³/mol. The van der Waals surface area contributed by atoms with Gasteiger partial charge >= 0.3 is 20.1 Å². The van der Waals surface area contributed by atoms with Crippen molar-refractivity contribution in [2.45, 2.75) is 55.4 Å². The second-order valence-corrected chi connectivity index (χ2v) is 24.7. The van der Waals surface area contributed by atoms with Crippen molar-refractivity contribution in [2.75, 3.05) is 0 Å². The van der Waals surface area contributed by atoms with Gasteiger partial charge in [-0.2, -0.15) is 48.0 Å². The molecule has 0 N–H and O–H groups in total. The third-order valence-corrected chi connectivity index (χ3v) is 16.6. The molecule has 5 nitrogen and oxygen atoms in total. The third kappa shape index (κ3) is 24.9. The number of aromatic nitrogens is 5. The molecule has 16 rings (SSSR count). The van der Waals surface area contributed by atoms with Gasteiger partial charge in [-0.05, 0) is 100 Å². The van der Waals surface area contributed by atoms with E-state index in [1.807, 2.05) is 152 Å². The van der Waals surface area contributed by atoms with Crippen molar-refractivity contribution in [2.24, 2.45) is 0 Å². The molecule has 11 aromatic carbocycles. The van der Waals surface area contributed by atoms with Gasteiger partial charge in [0.2, 0.25) is 0 Å². The van der Waals surface area contributed by atoms with E-state index in [-0.39, 0.29) is 110 Å². The minimum atomic E-state index is -0.396. The first-order chi connectivity index (χ1) is 53.0. The number of nitrogens with zero attached hydrogens (tertiary/aromatic N) is 5. The predicted octanol–water partition coefficient (Wildman–Crippen LogP) is 24.8. The summed E-state index contributed by atoms with van der Waals surface area (Å²) < 4.78 is 39.1. The van der Waals surface area contributed by atoms with Gasteiger partial charge in [0.05, 0.1) is 6.85 Å². The second kappa shape index (κ2) is 44.2. The molecule has 5 aromatic heterocycles. The fraction of sp³-hybridized carbons (Fsp3) is 0.0808. The van der Waals surface area contributed by atoms with E-state index in [0.717, 1.165) is 72.8 Å². The Morgan fingerprint density at radius 2 is 0.750 bits per heavy atom. The minimum Gasteiger partial charge on any atom is -0.305 e. The van der Waals surface area contributed by atoms with Crippen LogP contribution in [-0.2, 0) is 80.4 Å². The van der Waals surface area contributed by atoms with Crippen molar-refractivity contribution >= 4 is 0 Å². The molecule has 0 amide bonds. The third-order valence-electron chi connectivity index (χ3n) is 16.6. The van der Waals surface area contributed by atoms with Gasteiger partial charge < -0.3 is 24.9 Å². The number of pyridine rings is 5. The SMILES string of the molecule is Cc1[c-]c(-c2cc(C)c(-c3ccccc3)cn2)cc(C)c1.Cc1[c-]c(-c2cc(C)c(-c3ccccc3)cn2)cc(C)c1.Cc1ccc[c-]c1-c1[c-]cccc1.Cc1cccnc1-c1[c-]cccc1.[2H]c1c([2H])c([2H])c(-c2ccc(-c3[c-]cccc3)nc2)c([2H])c1[2H].[Ir+3].[Ir].[Ir].[Ir].[c-]1ccc(-c2ccccc2)cc1-c1ccccn1. The number of hydrogen-bond acceptors (Lipinski definition) is 5. The minimum absolute atomic E-state index is 0. The zero-order valence-corrected chi connectivity index (χ0v) is 70.6. The number of benzene rings is 11.